The SMILES string of the molecule is CC(NCc1cc(Br)cc2[nH]c(=O)c(=O)[nH]c12)P(=O)(O)O. The van der Waals surface area contributed by atoms with Crippen molar-refractivity contribution in [3.63, 3.8) is 0 Å². The maximum absolute atomic E-state index is 11.4. The largest absolute Gasteiger partial charge is 0.342 e. The van der Waals surface area contributed by atoms with E-state index in [9.17, 15) is 14.2 Å². The number of nitrogens with one attached hydrogen (secondary N) is 3. The predicted octanol–water partition coefficient (Wildman–Crippen LogP) is 0.592. The van der Waals surface area contributed by atoms with Gasteiger partial charge in [-0.2, -0.15) is 0 Å². The summed E-state index contributed by atoms with van der Waals surface area (Å²) in [6.45, 7) is 1.48. The summed E-state index contributed by atoms with van der Waals surface area (Å²) in [6, 6.07) is 3.32. The Hall–Kier alpha value is -1.25. The van der Waals surface area contributed by atoms with Gasteiger partial charge in [-0.25, -0.2) is 0 Å². The molecule has 0 spiro atoms. The van der Waals surface area contributed by atoms with Crippen LogP contribution in [0.15, 0.2) is 26.2 Å². The fourth-order valence-electron chi connectivity index (χ4n) is 1.77. The van der Waals surface area contributed by atoms with Gasteiger partial charge in [-0.1, -0.05) is 15.9 Å². The molecule has 0 amide bonds. The zero-order valence-electron chi connectivity index (χ0n) is 10.9. The average molecular weight is 378 g/mol. The summed E-state index contributed by atoms with van der Waals surface area (Å²) in [7, 11) is -4.24. The zero-order chi connectivity index (χ0) is 15.8. The molecule has 0 aliphatic heterocycles. The Kier molecular flexibility index (Phi) is 4.50. The maximum atomic E-state index is 11.4. The number of aromatic amines is 2. The van der Waals surface area contributed by atoms with Crippen molar-refractivity contribution >= 4 is 34.6 Å². The minimum Gasteiger partial charge on any atom is -0.323 e. The molecule has 114 valence electrons. The third-order valence-electron chi connectivity index (χ3n) is 2.97. The monoisotopic (exact) mass is 377 g/mol. The van der Waals surface area contributed by atoms with Crippen LogP contribution in [0.25, 0.3) is 11.0 Å². The van der Waals surface area contributed by atoms with Crippen LogP contribution in [0.5, 0.6) is 0 Å². The molecule has 0 saturated carbocycles. The van der Waals surface area contributed by atoms with Crippen molar-refractivity contribution in [2.45, 2.75) is 19.3 Å². The van der Waals surface area contributed by atoms with Gasteiger partial charge < -0.3 is 19.8 Å². The lowest BCUT2D eigenvalue weighted by molar-refractivity contribution is 0.350. The van der Waals surface area contributed by atoms with E-state index in [1.54, 1.807) is 12.1 Å². The van der Waals surface area contributed by atoms with Gasteiger partial charge in [0.1, 0.15) is 5.78 Å². The smallest absolute Gasteiger partial charge is 0.323 e. The minimum atomic E-state index is -4.24. The van der Waals surface area contributed by atoms with Crippen LogP contribution in [0.2, 0.25) is 0 Å². The van der Waals surface area contributed by atoms with E-state index in [1.165, 1.54) is 6.92 Å². The Morgan fingerprint density at radius 3 is 2.52 bits per heavy atom. The van der Waals surface area contributed by atoms with Gasteiger partial charge in [0.15, 0.2) is 0 Å². The van der Waals surface area contributed by atoms with E-state index in [4.69, 9.17) is 9.79 Å². The maximum Gasteiger partial charge on any atom is 0.342 e. The second-order valence-electron chi connectivity index (χ2n) is 4.54. The van der Waals surface area contributed by atoms with Gasteiger partial charge in [0.2, 0.25) is 0 Å². The summed E-state index contributed by atoms with van der Waals surface area (Å²) >= 11 is 3.28. The molecule has 0 radical (unpaired) electrons. The standard InChI is InChI=1S/C11H13BrN3O5P/c1-5(21(18,19)20)13-4-6-2-7(12)3-8-9(6)15-11(17)10(16)14-8/h2-3,5,13H,4H2,1H3,(H,14,16)(H,15,17)(H2,18,19,20). The van der Waals surface area contributed by atoms with Crippen molar-refractivity contribution < 1.29 is 14.4 Å². The molecule has 21 heavy (non-hydrogen) atoms. The molecule has 2 aromatic rings. The molecule has 8 nitrogen and oxygen atoms in total. The first kappa shape index (κ1) is 16.1. The lowest BCUT2D eigenvalue weighted by Crippen LogP contribution is -2.30. The Morgan fingerprint density at radius 1 is 1.29 bits per heavy atom. The van der Waals surface area contributed by atoms with Crippen LogP contribution < -0.4 is 16.4 Å². The number of aromatic nitrogens is 2. The fraction of sp³-hybridized carbons (Fsp3) is 0.273. The molecule has 0 saturated heterocycles. The van der Waals surface area contributed by atoms with E-state index in [1.807, 2.05) is 0 Å². The predicted molar refractivity (Wildman–Crippen MR) is 81.2 cm³/mol. The summed E-state index contributed by atoms with van der Waals surface area (Å²) in [5.41, 5.74) is -0.118. The first-order valence-corrected chi connectivity index (χ1v) is 8.39. The number of H-pyrrole nitrogens is 2. The molecule has 1 atom stereocenters. The first-order chi connectivity index (χ1) is 9.68. The number of hydrogen-bond donors (Lipinski definition) is 5. The van der Waals surface area contributed by atoms with Crippen LogP contribution in [0.4, 0.5) is 0 Å². The Balaban J connectivity index is 2.44. The molecule has 2 rings (SSSR count). The van der Waals surface area contributed by atoms with Gasteiger partial charge in [-0.3, -0.25) is 19.5 Å². The van der Waals surface area contributed by atoms with Crippen molar-refractivity contribution in [1.29, 1.82) is 0 Å². The van der Waals surface area contributed by atoms with Crippen molar-refractivity contribution in [3.8, 4) is 0 Å². The van der Waals surface area contributed by atoms with Gasteiger partial charge in [-0.15, -0.1) is 0 Å². The Morgan fingerprint density at radius 2 is 1.90 bits per heavy atom. The van der Waals surface area contributed by atoms with Crippen LogP contribution in [-0.4, -0.2) is 25.5 Å². The number of hydrogen-bond acceptors (Lipinski definition) is 4. The highest BCUT2D eigenvalue weighted by Gasteiger charge is 2.23. The summed E-state index contributed by atoms with van der Waals surface area (Å²) in [6.07, 6.45) is 0. The molecular formula is C11H13BrN3O5P. The fourth-order valence-corrected chi connectivity index (χ4v) is 2.61. The van der Waals surface area contributed by atoms with Crippen LogP contribution in [0, 0.1) is 0 Å². The van der Waals surface area contributed by atoms with Crippen molar-refractivity contribution in [3.05, 3.63) is 42.9 Å². The zero-order valence-corrected chi connectivity index (χ0v) is 13.4. The molecule has 1 aromatic heterocycles. The van der Waals surface area contributed by atoms with Crippen LogP contribution >= 0.6 is 23.5 Å². The lowest BCUT2D eigenvalue weighted by atomic mass is 10.1. The van der Waals surface area contributed by atoms with E-state index in [0.717, 1.165) is 0 Å². The third-order valence-corrected chi connectivity index (χ3v) is 4.62. The summed E-state index contributed by atoms with van der Waals surface area (Å²) < 4.78 is 11.8. The van der Waals surface area contributed by atoms with Gasteiger partial charge >= 0.3 is 18.7 Å². The molecule has 0 aliphatic rings. The first-order valence-electron chi connectivity index (χ1n) is 5.92. The highest BCUT2D eigenvalue weighted by atomic mass is 79.9. The van der Waals surface area contributed by atoms with Crippen LogP contribution in [0.1, 0.15) is 12.5 Å². The second kappa shape index (κ2) is 5.86. The number of rotatable bonds is 4. The summed E-state index contributed by atoms with van der Waals surface area (Å²) in [5.74, 6) is -1.03. The van der Waals surface area contributed by atoms with E-state index < -0.39 is 24.5 Å². The lowest BCUT2D eigenvalue weighted by Gasteiger charge is -2.16. The minimum absolute atomic E-state index is 0.115. The molecule has 0 fully saturated rings. The molecule has 5 N–H and O–H groups in total. The molecule has 10 heteroatoms. The molecule has 1 aromatic carbocycles. The molecule has 0 aliphatic carbocycles. The van der Waals surface area contributed by atoms with Crippen molar-refractivity contribution in [2.24, 2.45) is 0 Å². The molecule has 1 unspecified atom stereocenters. The molecular weight excluding hydrogens is 365 g/mol. The number of benzene rings is 1. The third kappa shape index (κ3) is 3.69. The van der Waals surface area contributed by atoms with Crippen LogP contribution in [-0.2, 0) is 11.1 Å². The average Bonchev–Trinajstić information content (AvgIpc) is 2.36. The van der Waals surface area contributed by atoms with Crippen LogP contribution in [0.3, 0.4) is 0 Å². The Bertz CT molecular complexity index is 840. The highest BCUT2D eigenvalue weighted by Crippen LogP contribution is 2.39. The summed E-state index contributed by atoms with van der Waals surface area (Å²) in [4.78, 5) is 45.7. The quantitative estimate of drug-likeness (QED) is 0.391. The Labute approximate surface area is 126 Å². The van der Waals surface area contributed by atoms with E-state index in [2.05, 4.69) is 31.2 Å². The number of fused-ring (bicyclic) bond motifs is 1. The van der Waals surface area contributed by atoms with Crippen molar-refractivity contribution in [1.82, 2.24) is 15.3 Å². The number of halogens is 1. The van der Waals surface area contributed by atoms with Gasteiger partial charge in [0.25, 0.3) is 0 Å². The molecule has 1 heterocycles. The van der Waals surface area contributed by atoms with Gasteiger partial charge in [0, 0.05) is 11.0 Å². The topological polar surface area (TPSA) is 135 Å². The van der Waals surface area contributed by atoms with E-state index >= 15 is 0 Å². The molecule has 0 bridgehead atoms. The highest BCUT2D eigenvalue weighted by molar-refractivity contribution is 9.10. The normalized spacial score (nSPS) is 13.5. The van der Waals surface area contributed by atoms with E-state index in [-0.39, 0.29) is 6.54 Å². The second-order valence-corrected chi connectivity index (χ2v) is 7.41. The van der Waals surface area contributed by atoms with Crippen molar-refractivity contribution in [2.75, 3.05) is 0 Å². The summed E-state index contributed by atoms with van der Waals surface area (Å²) in [5, 5.41) is 2.69. The van der Waals surface area contributed by atoms with Gasteiger partial charge in [0.05, 0.1) is 11.0 Å². The van der Waals surface area contributed by atoms with E-state index in [0.29, 0.717) is 21.1 Å². The van der Waals surface area contributed by atoms with Gasteiger partial charge in [-0.05, 0) is 24.6 Å².